The van der Waals surface area contributed by atoms with E-state index in [2.05, 4.69) is 5.32 Å². The van der Waals surface area contributed by atoms with E-state index < -0.39 is 0 Å². The van der Waals surface area contributed by atoms with E-state index in [-0.39, 0.29) is 11.9 Å². The van der Waals surface area contributed by atoms with Crippen LogP contribution in [0.15, 0.2) is 36.4 Å². The van der Waals surface area contributed by atoms with Crippen molar-refractivity contribution >= 4 is 5.69 Å². The fraction of sp³-hybridized carbons (Fsp3) is 0.294. The van der Waals surface area contributed by atoms with Gasteiger partial charge in [0.15, 0.2) is 0 Å². The highest BCUT2D eigenvalue weighted by Gasteiger charge is 2.17. The SMILES string of the molecule is COc1ccc(NC(C)c2c(F)cccc2OC)c(C)c1. The third-order valence-corrected chi connectivity index (χ3v) is 3.47. The summed E-state index contributed by atoms with van der Waals surface area (Å²) < 4.78 is 24.5. The van der Waals surface area contributed by atoms with Gasteiger partial charge in [-0.25, -0.2) is 4.39 Å². The van der Waals surface area contributed by atoms with E-state index in [0.717, 1.165) is 17.0 Å². The van der Waals surface area contributed by atoms with Crippen molar-refractivity contribution in [2.24, 2.45) is 0 Å². The van der Waals surface area contributed by atoms with Gasteiger partial charge in [0, 0.05) is 5.69 Å². The van der Waals surface area contributed by atoms with Crippen LogP contribution in [0.4, 0.5) is 10.1 Å². The molecule has 0 aromatic heterocycles. The molecule has 3 nitrogen and oxygen atoms in total. The van der Waals surface area contributed by atoms with Gasteiger partial charge in [0.05, 0.1) is 25.8 Å². The third kappa shape index (κ3) is 3.27. The van der Waals surface area contributed by atoms with Gasteiger partial charge in [0.1, 0.15) is 17.3 Å². The number of nitrogens with one attached hydrogen (secondary N) is 1. The van der Waals surface area contributed by atoms with Crippen molar-refractivity contribution < 1.29 is 13.9 Å². The lowest BCUT2D eigenvalue weighted by Gasteiger charge is -2.20. The van der Waals surface area contributed by atoms with E-state index in [0.29, 0.717) is 11.3 Å². The molecule has 0 saturated heterocycles. The Hall–Kier alpha value is -2.23. The van der Waals surface area contributed by atoms with Crippen molar-refractivity contribution in [3.63, 3.8) is 0 Å². The number of benzene rings is 2. The second kappa shape index (κ2) is 6.48. The van der Waals surface area contributed by atoms with Crippen molar-refractivity contribution in [2.45, 2.75) is 19.9 Å². The minimum absolute atomic E-state index is 0.215. The second-order valence-corrected chi connectivity index (χ2v) is 4.90. The van der Waals surface area contributed by atoms with Crippen LogP contribution in [0.3, 0.4) is 0 Å². The van der Waals surface area contributed by atoms with Gasteiger partial charge < -0.3 is 14.8 Å². The molecule has 1 unspecified atom stereocenters. The largest absolute Gasteiger partial charge is 0.497 e. The Morgan fingerprint density at radius 1 is 1.10 bits per heavy atom. The van der Waals surface area contributed by atoms with Crippen LogP contribution >= 0.6 is 0 Å². The molecule has 2 rings (SSSR count). The summed E-state index contributed by atoms with van der Waals surface area (Å²) in [6, 6.07) is 10.4. The summed E-state index contributed by atoms with van der Waals surface area (Å²) in [5.41, 5.74) is 2.50. The van der Waals surface area contributed by atoms with Crippen molar-refractivity contribution in [3.05, 3.63) is 53.3 Å². The Balaban J connectivity index is 2.28. The van der Waals surface area contributed by atoms with Crippen LogP contribution in [0, 0.1) is 12.7 Å². The van der Waals surface area contributed by atoms with Gasteiger partial charge in [-0.3, -0.25) is 0 Å². The Kier molecular flexibility index (Phi) is 4.68. The first-order chi connectivity index (χ1) is 10.1. The van der Waals surface area contributed by atoms with E-state index in [4.69, 9.17) is 9.47 Å². The molecule has 112 valence electrons. The number of rotatable bonds is 5. The first-order valence-electron chi connectivity index (χ1n) is 6.80. The molecule has 0 heterocycles. The molecule has 0 aliphatic rings. The van der Waals surface area contributed by atoms with Crippen molar-refractivity contribution in [1.82, 2.24) is 0 Å². The molecule has 1 atom stereocenters. The smallest absolute Gasteiger partial charge is 0.132 e. The predicted octanol–water partition coefficient (Wildman–Crippen LogP) is 4.32. The van der Waals surface area contributed by atoms with Gasteiger partial charge in [-0.1, -0.05) is 6.07 Å². The van der Waals surface area contributed by atoms with E-state index in [9.17, 15) is 4.39 Å². The molecule has 0 aliphatic carbocycles. The summed E-state index contributed by atoms with van der Waals surface area (Å²) in [6.45, 7) is 3.89. The maximum Gasteiger partial charge on any atom is 0.132 e. The number of anilines is 1. The van der Waals surface area contributed by atoms with Crippen LogP contribution in [0.5, 0.6) is 11.5 Å². The molecule has 0 spiro atoms. The summed E-state index contributed by atoms with van der Waals surface area (Å²) in [5.74, 6) is 1.07. The first-order valence-corrected chi connectivity index (χ1v) is 6.80. The molecule has 4 heteroatoms. The fourth-order valence-corrected chi connectivity index (χ4v) is 2.35. The van der Waals surface area contributed by atoms with E-state index in [1.165, 1.54) is 6.07 Å². The lowest BCUT2D eigenvalue weighted by Crippen LogP contribution is -2.11. The van der Waals surface area contributed by atoms with Crippen LogP contribution in [0.1, 0.15) is 24.1 Å². The highest BCUT2D eigenvalue weighted by Crippen LogP contribution is 2.31. The number of aryl methyl sites for hydroxylation is 1. The highest BCUT2D eigenvalue weighted by molar-refractivity contribution is 5.55. The molecule has 0 bridgehead atoms. The summed E-state index contributed by atoms with van der Waals surface area (Å²) in [6.07, 6.45) is 0. The van der Waals surface area contributed by atoms with Gasteiger partial charge in [0.2, 0.25) is 0 Å². The quantitative estimate of drug-likeness (QED) is 0.889. The standard InChI is InChI=1S/C17H20FNO2/c1-11-10-13(20-3)8-9-15(11)19-12(2)17-14(18)6-5-7-16(17)21-4/h5-10,12,19H,1-4H3. The van der Waals surface area contributed by atoms with Crippen LogP contribution < -0.4 is 14.8 Å². The van der Waals surface area contributed by atoms with Gasteiger partial charge in [-0.15, -0.1) is 0 Å². The monoisotopic (exact) mass is 289 g/mol. The average molecular weight is 289 g/mol. The summed E-state index contributed by atoms with van der Waals surface area (Å²) in [7, 11) is 3.18. The number of methoxy groups -OCH3 is 2. The van der Waals surface area contributed by atoms with Crippen LogP contribution in [0.25, 0.3) is 0 Å². The maximum atomic E-state index is 14.1. The molecule has 0 saturated carbocycles. The van der Waals surface area contributed by atoms with Gasteiger partial charge in [-0.2, -0.15) is 0 Å². The fourth-order valence-electron chi connectivity index (χ4n) is 2.35. The zero-order valence-corrected chi connectivity index (χ0v) is 12.7. The number of hydrogen-bond donors (Lipinski definition) is 1. The second-order valence-electron chi connectivity index (χ2n) is 4.90. The zero-order valence-electron chi connectivity index (χ0n) is 12.7. The molecule has 0 fully saturated rings. The maximum absolute atomic E-state index is 14.1. The molecule has 2 aromatic rings. The van der Waals surface area contributed by atoms with Gasteiger partial charge in [0.25, 0.3) is 0 Å². The lowest BCUT2D eigenvalue weighted by molar-refractivity contribution is 0.402. The minimum Gasteiger partial charge on any atom is -0.497 e. The Labute approximate surface area is 124 Å². The average Bonchev–Trinajstić information content (AvgIpc) is 2.48. The molecule has 0 amide bonds. The Morgan fingerprint density at radius 2 is 1.86 bits per heavy atom. The number of ether oxygens (including phenoxy) is 2. The highest BCUT2D eigenvalue weighted by atomic mass is 19.1. The number of halogens is 1. The number of hydrogen-bond acceptors (Lipinski definition) is 3. The van der Waals surface area contributed by atoms with Crippen molar-refractivity contribution in [1.29, 1.82) is 0 Å². The van der Waals surface area contributed by atoms with E-state index in [1.807, 2.05) is 32.0 Å². The molecule has 1 N–H and O–H groups in total. The van der Waals surface area contributed by atoms with Gasteiger partial charge >= 0.3 is 0 Å². The molecule has 0 radical (unpaired) electrons. The Bertz CT molecular complexity index is 628. The van der Waals surface area contributed by atoms with E-state index in [1.54, 1.807) is 26.4 Å². The predicted molar refractivity (Wildman–Crippen MR) is 82.7 cm³/mol. The zero-order chi connectivity index (χ0) is 15.4. The first kappa shape index (κ1) is 15.2. The molecular formula is C17H20FNO2. The normalized spacial score (nSPS) is 11.9. The molecule has 21 heavy (non-hydrogen) atoms. The third-order valence-electron chi connectivity index (χ3n) is 3.47. The van der Waals surface area contributed by atoms with Gasteiger partial charge in [-0.05, 0) is 49.7 Å². The van der Waals surface area contributed by atoms with Crippen LogP contribution in [-0.2, 0) is 0 Å². The topological polar surface area (TPSA) is 30.5 Å². The summed E-state index contributed by atoms with van der Waals surface area (Å²) in [4.78, 5) is 0. The molecule has 2 aromatic carbocycles. The van der Waals surface area contributed by atoms with Crippen molar-refractivity contribution in [2.75, 3.05) is 19.5 Å². The summed E-state index contributed by atoms with van der Waals surface area (Å²) >= 11 is 0. The lowest BCUT2D eigenvalue weighted by atomic mass is 10.1. The van der Waals surface area contributed by atoms with Crippen LogP contribution in [-0.4, -0.2) is 14.2 Å². The van der Waals surface area contributed by atoms with Crippen molar-refractivity contribution in [3.8, 4) is 11.5 Å². The Morgan fingerprint density at radius 3 is 2.48 bits per heavy atom. The molecular weight excluding hydrogens is 269 g/mol. The van der Waals surface area contributed by atoms with E-state index >= 15 is 0 Å². The molecule has 0 aliphatic heterocycles. The minimum atomic E-state index is -0.277. The summed E-state index contributed by atoms with van der Waals surface area (Å²) in [5, 5.41) is 3.32. The van der Waals surface area contributed by atoms with Crippen LogP contribution in [0.2, 0.25) is 0 Å².